The van der Waals surface area contributed by atoms with E-state index in [-0.39, 0.29) is 11.7 Å². The van der Waals surface area contributed by atoms with Crippen LogP contribution in [0.3, 0.4) is 0 Å². The van der Waals surface area contributed by atoms with Crippen LogP contribution < -0.4 is 5.32 Å². The largest absolute Gasteiger partial charge is 0.436 e. The molecule has 1 aromatic carbocycles. The second-order valence-electron chi connectivity index (χ2n) is 4.14. The molecule has 0 bridgehead atoms. The first-order valence-electron chi connectivity index (χ1n) is 5.48. The average Bonchev–Trinajstić information content (AvgIpc) is 2.70. The first-order chi connectivity index (χ1) is 8.47. The van der Waals surface area contributed by atoms with Gasteiger partial charge in [0, 0.05) is 6.92 Å². The summed E-state index contributed by atoms with van der Waals surface area (Å²) in [6, 6.07) is 3.75. The van der Waals surface area contributed by atoms with E-state index in [4.69, 9.17) is 16.0 Å². The van der Waals surface area contributed by atoms with Crippen molar-refractivity contribution in [2.24, 2.45) is 0 Å². The second kappa shape index (κ2) is 4.82. The number of amides is 1. The van der Waals surface area contributed by atoms with Crippen LogP contribution in [0.5, 0.6) is 0 Å². The van der Waals surface area contributed by atoms with E-state index in [1.54, 1.807) is 13.0 Å². The van der Waals surface area contributed by atoms with Crippen LogP contribution >= 0.6 is 11.6 Å². The van der Waals surface area contributed by atoms with Crippen LogP contribution in [0.4, 0.5) is 5.69 Å². The van der Waals surface area contributed by atoms with E-state index in [9.17, 15) is 4.79 Å². The smallest absolute Gasteiger partial charge is 0.293 e. The normalized spacial score (nSPS) is 10.4. The number of hydrogen-bond acceptors (Lipinski definition) is 3. The molecule has 0 spiro atoms. The van der Waals surface area contributed by atoms with E-state index in [2.05, 4.69) is 10.3 Å². The van der Waals surface area contributed by atoms with Gasteiger partial charge < -0.3 is 9.73 Å². The molecule has 0 aliphatic rings. The molecule has 0 aliphatic carbocycles. The van der Waals surface area contributed by atoms with Crippen molar-refractivity contribution in [1.82, 2.24) is 4.98 Å². The topological polar surface area (TPSA) is 55.1 Å². The summed E-state index contributed by atoms with van der Waals surface area (Å²) in [6.45, 7) is 5.52. The van der Waals surface area contributed by atoms with Crippen LogP contribution in [0.15, 0.2) is 22.7 Å². The number of aryl methyl sites for hydroxylation is 3. The van der Waals surface area contributed by atoms with Crippen molar-refractivity contribution in [3.8, 4) is 0 Å². The van der Waals surface area contributed by atoms with Crippen LogP contribution in [0, 0.1) is 20.8 Å². The van der Waals surface area contributed by atoms with Crippen LogP contribution in [0.25, 0.3) is 0 Å². The lowest BCUT2D eigenvalue weighted by atomic mass is 10.1. The van der Waals surface area contributed by atoms with Crippen molar-refractivity contribution in [3.63, 3.8) is 0 Å². The van der Waals surface area contributed by atoms with E-state index >= 15 is 0 Å². The van der Waals surface area contributed by atoms with Gasteiger partial charge in [-0.2, -0.15) is 0 Å². The predicted molar refractivity (Wildman–Crippen MR) is 70.1 cm³/mol. The zero-order valence-corrected chi connectivity index (χ0v) is 11.1. The Labute approximate surface area is 110 Å². The molecule has 0 atom stereocenters. The third-order valence-corrected chi connectivity index (χ3v) is 2.81. The molecule has 18 heavy (non-hydrogen) atoms. The highest BCUT2D eigenvalue weighted by molar-refractivity contribution is 6.34. The van der Waals surface area contributed by atoms with Gasteiger partial charge in [0.1, 0.15) is 0 Å². The maximum atomic E-state index is 11.9. The number of benzene rings is 1. The highest BCUT2D eigenvalue weighted by atomic mass is 35.5. The molecule has 5 heteroatoms. The Morgan fingerprint density at radius 1 is 1.33 bits per heavy atom. The summed E-state index contributed by atoms with van der Waals surface area (Å²) in [7, 11) is 0. The fraction of sp³-hybridized carbons (Fsp3) is 0.231. The second-order valence-corrected chi connectivity index (χ2v) is 4.54. The van der Waals surface area contributed by atoms with Gasteiger partial charge in [0.2, 0.25) is 5.76 Å². The third-order valence-electron chi connectivity index (χ3n) is 2.52. The average molecular weight is 265 g/mol. The number of hydrogen-bond donors (Lipinski definition) is 1. The Bertz CT molecular complexity index is 582. The molecule has 2 aromatic rings. The number of anilines is 1. The Hall–Kier alpha value is -1.81. The van der Waals surface area contributed by atoms with Gasteiger partial charge in [0.15, 0.2) is 5.89 Å². The third kappa shape index (κ3) is 2.54. The molecule has 1 aromatic heterocycles. The summed E-state index contributed by atoms with van der Waals surface area (Å²) in [6.07, 6.45) is 1.39. The molecule has 1 N–H and O–H groups in total. The molecular weight excluding hydrogens is 252 g/mol. The molecular formula is C13H13ClN2O2. The minimum Gasteiger partial charge on any atom is -0.436 e. The number of nitrogens with one attached hydrogen (secondary N) is 1. The number of nitrogens with zero attached hydrogens (tertiary/aromatic N) is 1. The van der Waals surface area contributed by atoms with E-state index in [1.165, 1.54) is 6.20 Å². The van der Waals surface area contributed by atoms with E-state index in [1.807, 2.05) is 19.9 Å². The van der Waals surface area contributed by atoms with Crippen LogP contribution in [0.2, 0.25) is 5.02 Å². The van der Waals surface area contributed by atoms with Crippen LogP contribution in [-0.2, 0) is 0 Å². The van der Waals surface area contributed by atoms with Crippen LogP contribution in [-0.4, -0.2) is 10.9 Å². The lowest BCUT2D eigenvalue weighted by Crippen LogP contribution is -2.12. The molecule has 1 amide bonds. The molecule has 0 saturated heterocycles. The minimum atomic E-state index is -0.357. The van der Waals surface area contributed by atoms with Crippen LogP contribution in [0.1, 0.15) is 27.6 Å². The number of halogens is 1. The number of carbonyl (C=O) groups is 1. The first-order valence-corrected chi connectivity index (χ1v) is 5.85. The Morgan fingerprint density at radius 3 is 2.61 bits per heavy atom. The molecule has 2 rings (SSSR count). The summed E-state index contributed by atoms with van der Waals surface area (Å²) < 4.78 is 5.15. The maximum Gasteiger partial charge on any atom is 0.293 e. The molecule has 0 fully saturated rings. The predicted octanol–water partition coefficient (Wildman–Crippen LogP) is 3.51. The summed E-state index contributed by atoms with van der Waals surface area (Å²) >= 11 is 6.11. The molecule has 94 valence electrons. The number of rotatable bonds is 2. The SMILES string of the molecule is Cc1cc(C)c(NC(=O)c2cnc(C)o2)c(Cl)c1. The van der Waals surface area contributed by atoms with Crippen molar-refractivity contribution >= 4 is 23.2 Å². The number of aromatic nitrogens is 1. The fourth-order valence-electron chi connectivity index (χ4n) is 1.72. The zero-order valence-electron chi connectivity index (χ0n) is 10.4. The van der Waals surface area contributed by atoms with Gasteiger partial charge in [-0.15, -0.1) is 0 Å². The molecule has 0 radical (unpaired) electrons. The van der Waals surface area contributed by atoms with Gasteiger partial charge >= 0.3 is 0 Å². The van der Waals surface area contributed by atoms with Gasteiger partial charge in [0.05, 0.1) is 16.9 Å². The van der Waals surface area contributed by atoms with E-state index in [0.717, 1.165) is 11.1 Å². The molecule has 4 nitrogen and oxygen atoms in total. The van der Waals surface area contributed by atoms with Gasteiger partial charge in [-0.25, -0.2) is 4.98 Å². The molecule has 1 heterocycles. The summed E-state index contributed by atoms with van der Waals surface area (Å²) in [4.78, 5) is 15.8. The van der Waals surface area contributed by atoms with E-state index < -0.39 is 0 Å². The highest BCUT2D eigenvalue weighted by Gasteiger charge is 2.14. The van der Waals surface area contributed by atoms with Gasteiger partial charge in [-0.1, -0.05) is 17.7 Å². The lowest BCUT2D eigenvalue weighted by molar-refractivity contribution is 0.0995. The fourth-order valence-corrected chi connectivity index (χ4v) is 2.08. The number of oxazole rings is 1. The van der Waals surface area contributed by atoms with Crippen molar-refractivity contribution in [2.45, 2.75) is 20.8 Å². The highest BCUT2D eigenvalue weighted by Crippen LogP contribution is 2.27. The van der Waals surface area contributed by atoms with Crippen molar-refractivity contribution in [1.29, 1.82) is 0 Å². The quantitative estimate of drug-likeness (QED) is 0.903. The Balaban J connectivity index is 2.27. The maximum absolute atomic E-state index is 11.9. The first kappa shape index (κ1) is 12.6. The van der Waals surface area contributed by atoms with Gasteiger partial charge in [-0.05, 0) is 31.0 Å². The molecule has 0 unspecified atom stereocenters. The minimum absolute atomic E-state index is 0.170. The summed E-state index contributed by atoms with van der Waals surface area (Å²) in [5.41, 5.74) is 2.55. The van der Waals surface area contributed by atoms with E-state index in [0.29, 0.717) is 16.6 Å². The Kier molecular flexibility index (Phi) is 3.39. The summed E-state index contributed by atoms with van der Waals surface area (Å²) in [5, 5.41) is 3.24. The molecule has 0 aliphatic heterocycles. The van der Waals surface area contributed by atoms with Gasteiger partial charge in [0.25, 0.3) is 5.91 Å². The number of carbonyl (C=O) groups excluding carboxylic acids is 1. The van der Waals surface area contributed by atoms with Crippen molar-refractivity contribution in [3.05, 3.63) is 46.1 Å². The van der Waals surface area contributed by atoms with Crippen molar-refractivity contribution in [2.75, 3.05) is 5.32 Å². The monoisotopic (exact) mass is 264 g/mol. The molecule has 0 saturated carbocycles. The lowest BCUT2D eigenvalue weighted by Gasteiger charge is -2.10. The Morgan fingerprint density at radius 2 is 2.06 bits per heavy atom. The van der Waals surface area contributed by atoms with Gasteiger partial charge in [-0.3, -0.25) is 4.79 Å². The summed E-state index contributed by atoms with van der Waals surface area (Å²) in [5.74, 6) is 0.264. The zero-order chi connectivity index (χ0) is 13.3. The standard InChI is InChI=1S/C13H13ClN2O2/c1-7-4-8(2)12(10(14)5-7)16-13(17)11-6-15-9(3)18-11/h4-6H,1-3H3,(H,16,17). The van der Waals surface area contributed by atoms with Crippen molar-refractivity contribution < 1.29 is 9.21 Å².